The van der Waals surface area contributed by atoms with Crippen LogP contribution in [0.1, 0.15) is 20.8 Å². The summed E-state index contributed by atoms with van der Waals surface area (Å²) in [5.41, 5.74) is 0. The van der Waals surface area contributed by atoms with E-state index in [9.17, 15) is 18.0 Å². The van der Waals surface area contributed by atoms with E-state index in [4.69, 9.17) is 0 Å². The summed E-state index contributed by atoms with van der Waals surface area (Å²) in [5, 5.41) is 3.03. The Bertz CT molecular complexity index is 328. The first-order chi connectivity index (χ1) is 9.20. The van der Waals surface area contributed by atoms with Gasteiger partial charge >= 0.3 is 12.2 Å². The number of nitrogens with one attached hydrogen (secondary N) is 1. The number of alkyl halides is 3. The standard InChI is InChI=1S/C12H21F3N2O2S/c1-8(6-19-7-12(13,14)15)16-11(18)17-4-5-20-10(3)9(17)2/h8-10H,4-7H2,1-3H3,(H,16,18). The molecule has 1 rings (SSSR count). The lowest BCUT2D eigenvalue weighted by Crippen LogP contribution is -2.54. The predicted molar refractivity (Wildman–Crippen MR) is 73.0 cm³/mol. The van der Waals surface area contributed by atoms with Gasteiger partial charge in [0.2, 0.25) is 0 Å². The number of urea groups is 1. The van der Waals surface area contributed by atoms with Crippen LogP contribution in [0, 0.1) is 0 Å². The van der Waals surface area contributed by atoms with E-state index in [0.29, 0.717) is 11.8 Å². The summed E-state index contributed by atoms with van der Waals surface area (Å²) in [6.45, 7) is 4.86. The average Bonchev–Trinajstić information content (AvgIpc) is 2.30. The highest BCUT2D eigenvalue weighted by Gasteiger charge is 2.30. The van der Waals surface area contributed by atoms with Crippen molar-refractivity contribution in [2.24, 2.45) is 0 Å². The van der Waals surface area contributed by atoms with Gasteiger partial charge in [-0.15, -0.1) is 0 Å². The summed E-state index contributed by atoms with van der Waals surface area (Å²) in [7, 11) is 0. The van der Waals surface area contributed by atoms with Gasteiger partial charge < -0.3 is 15.0 Å². The number of carbonyl (C=O) groups is 1. The highest BCUT2D eigenvalue weighted by atomic mass is 32.2. The second kappa shape index (κ2) is 7.40. The van der Waals surface area contributed by atoms with Crippen molar-refractivity contribution in [3.05, 3.63) is 0 Å². The molecule has 3 unspecified atom stereocenters. The van der Waals surface area contributed by atoms with Gasteiger partial charge in [-0.2, -0.15) is 24.9 Å². The van der Waals surface area contributed by atoms with Crippen molar-refractivity contribution in [1.82, 2.24) is 10.2 Å². The second-order valence-corrected chi connectivity index (χ2v) is 6.48. The fourth-order valence-electron chi connectivity index (χ4n) is 1.91. The van der Waals surface area contributed by atoms with Crippen molar-refractivity contribution >= 4 is 17.8 Å². The molecule has 1 fully saturated rings. The zero-order valence-electron chi connectivity index (χ0n) is 11.9. The van der Waals surface area contributed by atoms with Gasteiger partial charge in [-0.05, 0) is 13.8 Å². The lowest BCUT2D eigenvalue weighted by atomic mass is 10.2. The number of amides is 2. The predicted octanol–water partition coefficient (Wildman–Crippen LogP) is 2.49. The molecule has 2 amide bonds. The molecule has 1 heterocycles. The zero-order valence-corrected chi connectivity index (χ0v) is 12.7. The molecule has 1 aliphatic heterocycles. The Balaban J connectivity index is 2.34. The Hall–Kier alpha value is -0.630. The first-order valence-electron chi connectivity index (χ1n) is 6.54. The summed E-state index contributed by atoms with van der Waals surface area (Å²) in [6, 6.07) is -0.591. The van der Waals surface area contributed by atoms with Gasteiger partial charge in [0.25, 0.3) is 0 Å². The van der Waals surface area contributed by atoms with Crippen LogP contribution in [0.5, 0.6) is 0 Å². The molecule has 0 bridgehead atoms. The molecule has 118 valence electrons. The molecule has 4 nitrogen and oxygen atoms in total. The maximum atomic E-state index is 12.1. The Morgan fingerprint density at radius 3 is 2.75 bits per heavy atom. The van der Waals surface area contributed by atoms with Crippen molar-refractivity contribution in [3.63, 3.8) is 0 Å². The molecular weight excluding hydrogens is 293 g/mol. The number of carbonyl (C=O) groups excluding carboxylic acids is 1. The van der Waals surface area contributed by atoms with E-state index in [0.717, 1.165) is 5.75 Å². The molecule has 0 aromatic heterocycles. The lowest BCUT2D eigenvalue weighted by molar-refractivity contribution is -0.174. The summed E-state index contributed by atoms with van der Waals surface area (Å²) in [6.07, 6.45) is -4.34. The molecule has 1 N–H and O–H groups in total. The summed E-state index contributed by atoms with van der Waals surface area (Å²) >= 11 is 1.81. The van der Waals surface area contributed by atoms with Crippen molar-refractivity contribution in [2.75, 3.05) is 25.5 Å². The molecule has 3 atom stereocenters. The summed E-state index contributed by atoms with van der Waals surface area (Å²) in [5.74, 6) is 0.873. The zero-order chi connectivity index (χ0) is 15.3. The molecule has 1 saturated heterocycles. The van der Waals surface area contributed by atoms with Crippen LogP contribution in [0.2, 0.25) is 0 Å². The van der Waals surface area contributed by atoms with Crippen molar-refractivity contribution in [1.29, 1.82) is 0 Å². The number of hydrogen-bond donors (Lipinski definition) is 1. The van der Waals surface area contributed by atoms with E-state index in [-0.39, 0.29) is 18.7 Å². The van der Waals surface area contributed by atoms with Gasteiger partial charge in [-0.3, -0.25) is 0 Å². The maximum absolute atomic E-state index is 12.1. The van der Waals surface area contributed by atoms with Crippen LogP contribution in [0.15, 0.2) is 0 Å². The molecule has 0 aromatic rings. The number of rotatable bonds is 4. The van der Waals surface area contributed by atoms with Crippen LogP contribution in [0.3, 0.4) is 0 Å². The quantitative estimate of drug-likeness (QED) is 0.867. The van der Waals surface area contributed by atoms with E-state index in [1.165, 1.54) is 0 Å². The monoisotopic (exact) mass is 314 g/mol. The van der Waals surface area contributed by atoms with Crippen LogP contribution >= 0.6 is 11.8 Å². The van der Waals surface area contributed by atoms with Crippen LogP contribution in [-0.4, -0.2) is 60.0 Å². The van der Waals surface area contributed by atoms with Crippen LogP contribution in [-0.2, 0) is 4.74 Å². The van der Waals surface area contributed by atoms with E-state index < -0.39 is 18.8 Å². The summed E-state index contributed by atoms with van der Waals surface area (Å²) < 4.78 is 40.3. The largest absolute Gasteiger partial charge is 0.411 e. The molecule has 0 saturated carbocycles. The maximum Gasteiger partial charge on any atom is 0.411 e. The van der Waals surface area contributed by atoms with E-state index in [1.54, 1.807) is 11.8 Å². The Kier molecular flexibility index (Phi) is 6.44. The van der Waals surface area contributed by atoms with Crippen LogP contribution < -0.4 is 5.32 Å². The minimum atomic E-state index is -4.34. The second-order valence-electron chi connectivity index (χ2n) is 4.99. The molecule has 0 spiro atoms. The van der Waals surface area contributed by atoms with E-state index >= 15 is 0 Å². The molecule has 0 aliphatic carbocycles. The molecule has 0 aromatic carbocycles. The first-order valence-corrected chi connectivity index (χ1v) is 7.59. The summed E-state index contributed by atoms with van der Waals surface area (Å²) in [4.78, 5) is 13.8. The number of nitrogens with zero attached hydrogens (tertiary/aromatic N) is 1. The topological polar surface area (TPSA) is 41.6 Å². The van der Waals surface area contributed by atoms with Gasteiger partial charge in [0.15, 0.2) is 0 Å². The molecule has 20 heavy (non-hydrogen) atoms. The third kappa shape index (κ3) is 5.78. The molecule has 1 aliphatic rings. The fourth-order valence-corrected chi connectivity index (χ4v) is 3.01. The Morgan fingerprint density at radius 2 is 2.15 bits per heavy atom. The number of hydrogen-bond acceptors (Lipinski definition) is 3. The third-order valence-corrected chi connectivity index (χ3v) is 4.49. The normalized spacial score (nSPS) is 25.4. The number of halogens is 3. The van der Waals surface area contributed by atoms with E-state index in [1.807, 2.05) is 18.7 Å². The molecular formula is C12H21F3N2O2S. The highest BCUT2D eigenvalue weighted by molar-refractivity contribution is 8.00. The Morgan fingerprint density at radius 1 is 1.50 bits per heavy atom. The smallest absolute Gasteiger partial charge is 0.370 e. The molecule has 8 heteroatoms. The van der Waals surface area contributed by atoms with Crippen molar-refractivity contribution < 1.29 is 22.7 Å². The SMILES string of the molecule is CC(COCC(F)(F)F)NC(=O)N1CCSC(C)C1C. The Labute approximate surface area is 121 Å². The number of ether oxygens (including phenoxy) is 1. The lowest BCUT2D eigenvalue weighted by Gasteiger charge is -2.38. The third-order valence-electron chi connectivity index (χ3n) is 3.15. The van der Waals surface area contributed by atoms with Gasteiger partial charge in [0.05, 0.1) is 12.6 Å². The van der Waals surface area contributed by atoms with Crippen LogP contribution in [0.4, 0.5) is 18.0 Å². The van der Waals surface area contributed by atoms with Gasteiger partial charge in [-0.1, -0.05) is 6.92 Å². The highest BCUT2D eigenvalue weighted by Crippen LogP contribution is 2.24. The van der Waals surface area contributed by atoms with Gasteiger partial charge in [0, 0.05) is 23.6 Å². The number of thioether (sulfide) groups is 1. The van der Waals surface area contributed by atoms with Gasteiger partial charge in [0.1, 0.15) is 6.61 Å². The minimum absolute atomic E-state index is 0.108. The van der Waals surface area contributed by atoms with E-state index in [2.05, 4.69) is 17.0 Å². The van der Waals surface area contributed by atoms with Crippen molar-refractivity contribution in [2.45, 2.75) is 44.3 Å². The first kappa shape index (κ1) is 17.4. The van der Waals surface area contributed by atoms with Gasteiger partial charge in [-0.25, -0.2) is 4.79 Å². The fraction of sp³-hybridized carbons (Fsp3) is 0.917. The molecule has 0 radical (unpaired) electrons. The van der Waals surface area contributed by atoms with Crippen LogP contribution in [0.25, 0.3) is 0 Å². The average molecular weight is 314 g/mol. The minimum Gasteiger partial charge on any atom is -0.370 e. The van der Waals surface area contributed by atoms with Crippen molar-refractivity contribution in [3.8, 4) is 0 Å².